The summed E-state index contributed by atoms with van der Waals surface area (Å²) in [7, 11) is -1.95. The first-order valence-electron chi connectivity index (χ1n) is 3.95. The fourth-order valence-corrected chi connectivity index (χ4v) is 2.53. The lowest BCUT2D eigenvalue weighted by atomic mass is 10.7. The third-order valence-electron chi connectivity index (χ3n) is 1.52. The van der Waals surface area contributed by atoms with Gasteiger partial charge in [0.25, 0.3) is 0 Å². The van der Waals surface area contributed by atoms with E-state index >= 15 is 0 Å². The first kappa shape index (κ1) is 13.0. The van der Waals surface area contributed by atoms with Crippen LogP contribution >= 0.6 is 19.3 Å². The molecule has 0 fully saturated rings. The lowest BCUT2D eigenvalue weighted by molar-refractivity contribution is 0.228. The summed E-state index contributed by atoms with van der Waals surface area (Å²) in [6.07, 6.45) is 0. The van der Waals surface area contributed by atoms with Crippen LogP contribution in [0.5, 0.6) is 0 Å². The first-order valence-corrected chi connectivity index (χ1v) is 5.82. The van der Waals surface area contributed by atoms with Crippen molar-refractivity contribution < 1.29 is 13.6 Å². The maximum Gasteiger partial charge on any atom is 0.461 e. The number of hydrogen-bond donors (Lipinski definition) is 0. The molecule has 0 aromatic carbocycles. The molecule has 0 N–H and O–H groups in total. The van der Waals surface area contributed by atoms with E-state index in [1.165, 1.54) is 7.11 Å². The number of rotatable bonds is 6. The van der Waals surface area contributed by atoms with Crippen molar-refractivity contribution in [3.05, 3.63) is 11.8 Å². The molecule has 0 aliphatic heterocycles. The highest BCUT2D eigenvalue weighted by molar-refractivity contribution is 7.51. The minimum absolute atomic E-state index is 0.128. The molecule has 0 spiro atoms. The fraction of sp³-hybridized carbons (Fsp3) is 0.714. The van der Waals surface area contributed by atoms with Gasteiger partial charge >= 0.3 is 7.75 Å². The van der Waals surface area contributed by atoms with E-state index in [1.54, 1.807) is 4.67 Å². The van der Waals surface area contributed by atoms with Crippen molar-refractivity contribution in [2.24, 2.45) is 0 Å². The molecule has 0 radical (unpaired) electrons. The Balaban J connectivity index is 4.59. The maximum atomic E-state index is 11.9. The van der Waals surface area contributed by atoms with E-state index in [0.29, 0.717) is 13.1 Å². The second-order valence-electron chi connectivity index (χ2n) is 2.24. The second kappa shape index (κ2) is 5.66. The average Bonchev–Trinajstić information content (AvgIpc) is 2.05. The van der Waals surface area contributed by atoms with Crippen molar-refractivity contribution in [1.29, 1.82) is 0 Å². The second-order valence-corrected chi connectivity index (χ2v) is 4.71. The highest BCUT2D eigenvalue weighted by atomic mass is 35.5. The Labute approximate surface area is 84.0 Å². The van der Waals surface area contributed by atoms with E-state index in [1.807, 2.05) is 13.8 Å². The normalized spacial score (nSPS) is 15.5. The first-order chi connectivity index (χ1) is 6.00. The molecule has 78 valence electrons. The topological polar surface area (TPSA) is 38.8 Å². The van der Waals surface area contributed by atoms with E-state index in [2.05, 4.69) is 6.58 Å². The number of halogens is 1. The Morgan fingerprint density at radius 2 is 2.00 bits per heavy atom. The standard InChI is InChI=1S/C7H15ClNO3P/c1-5-9(6-2)13(10,11-4)12-7(3)8/h3,5-6H2,1-2,4H3. The van der Waals surface area contributed by atoms with Gasteiger partial charge in [-0.3, -0.25) is 4.52 Å². The van der Waals surface area contributed by atoms with Crippen LogP contribution in [0.3, 0.4) is 0 Å². The van der Waals surface area contributed by atoms with Crippen LogP contribution in [0.2, 0.25) is 0 Å². The van der Waals surface area contributed by atoms with Crippen LogP contribution in [0.15, 0.2) is 11.8 Å². The summed E-state index contributed by atoms with van der Waals surface area (Å²) in [5.74, 6) is 0. The van der Waals surface area contributed by atoms with Gasteiger partial charge in [0.15, 0.2) is 5.22 Å². The predicted octanol–water partition coefficient (Wildman–Crippen LogP) is 2.81. The van der Waals surface area contributed by atoms with Crippen LogP contribution in [0.1, 0.15) is 13.8 Å². The molecule has 0 saturated heterocycles. The van der Waals surface area contributed by atoms with Gasteiger partial charge in [-0.15, -0.1) is 0 Å². The van der Waals surface area contributed by atoms with Gasteiger partial charge < -0.3 is 4.52 Å². The summed E-state index contributed by atoms with van der Waals surface area (Å²) >= 11 is 5.40. The van der Waals surface area contributed by atoms with Crippen molar-refractivity contribution in [3.8, 4) is 0 Å². The Kier molecular flexibility index (Phi) is 5.65. The Morgan fingerprint density at radius 1 is 1.54 bits per heavy atom. The van der Waals surface area contributed by atoms with Crippen LogP contribution in [-0.4, -0.2) is 24.9 Å². The Morgan fingerprint density at radius 3 is 2.23 bits per heavy atom. The molecule has 0 aliphatic rings. The van der Waals surface area contributed by atoms with E-state index in [-0.39, 0.29) is 5.22 Å². The van der Waals surface area contributed by atoms with Gasteiger partial charge in [-0.25, -0.2) is 4.57 Å². The quantitative estimate of drug-likeness (QED) is 0.517. The van der Waals surface area contributed by atoms with Crippen LogP contribution < -0.4 is 0 Å². The molecule has 6 heteroatoms. The van der Waals surface area contributed by atoms with Crippen LogP contribution in [0, 0.1) is 0 Å². The molecule has 4 nitrogen and oxygen atoms in total. The largest absolute Gasteiger partial charge is 0.461 e. The highest BCUT2D eigenvalue weighted by Gasteiger charge is 2.31. The van der Waals surface area contributed by atoms with Crippen molar-refractivity contribution in [2.45, 2.75) is 13.8 Å². The third-order valence-corrected chi connectivity index (χ3v) is 3.88. The highest BCUT2D eigenvalue weighted by Crippen LogP contribution is 2.52. The minimum atomic E-state index is -3.26. The Bertz CT molecular complexity index is 218. The average molecular weight is 228 g/mol. The molecular weight excluding hydrogens is 213 g/mol. The lowest BCUT2D eigenvalue weighted by Gasteiger charge is -2.26. The van der Waals surface area contributed by atoms with Gasteiger partial charge in [0.1, 0.15) is 0 Å². The molecule has 0 heterocycles. The zero-order chi connectivity index (χ0) is 10.5. The van der Waals surface area contributed by atoms with E-state index in [0.717, 1.165) is 0 Å². The SMILES string of the molecule is C=C(Cl)OP(=O)(OC)N(CC)CC. The molecule has 0 aromatic rings. The molecule has 1 atom stereocenters. The molecule has 13 heavy (non-hydrogen) atoms. The molecule has 1 unspecified atom stereocenters. The Hall–Kier alpha value is -0.0200. The zero-order valence-electron chi connectivity index (χ0n) is 8.12. The summed E-state index contributed by atoms with van der Waals surface area (Å²) in [6, 6.07) is 0. The molecular formula is C7H15ClNO3P. The van der Waals surface area contributed by atoms with Gasteiger partial charge in [0.2, 0.25) is 0 Å². The van der Waals surface area contributed by atoms with Gasteiger partial charge in [0, 0.05) is 20.2 Å². The monoisotopic (exact) mass is 227 g/mol. The fourth-order valence-electron chi connectivity index (χ4n) is 0.906. The molecule has 0 amide bonds. The smallest absolute Gasteiger partial charge is 0.402 e. The predicted molar refractivity (Wildman–Crippen MR) is 53.6 cm³/mol. The van der Waals surface area contributed by atoms with Gasteiger partial charge in [-0.05, 0) is 18.2 Å². The lowest BCUT2D eigenvalue weighted by Crippen LogP contribution is -2.21. The van der Waals surface area contributed by atoms with E-state index in [9.17, 15) is 4.57 Å². The van der Waals surface area contributed by atoms with Crippen molar-refractivity contribution in [2.75, 3.05) is 20.2 Å². The number of hydrogen-bond acceptors (Lipinski definition) is 3. The van der Waals surface area contributed by atoms with Crippen LogP contribution in [-0.2, 0) is 13.6 Å². The van der Waals surface area contributed by atoms with Gasteiger partial charge in [-0.2, -0.15) is 4.67 Å². The zero-order valence-corrected chi connectivity index (χ0v) is 9.77. The molecule has 0 saturated carbocycles. The molecule has 0 aromatic heterocycles. The summed E-state index contributed by atoms with van der Waals surface area (Å²) in [4.78, 5) is 0. The summed E-state index contributed by atoms with van der Waals surface area (Å²) in [5, 5.41) is -0.128. The summed E-state index contributed by atoms with van der Waals surface area (Å²) in [6.45, 7) is 8.14. The van der Waals surface area contributed by atoms with Crippen molar-refractivity contribution >= 4 is 19.3 Å². The van der Waals surface area contributed by atoms with Gasteiger partial charge in [0.05, 0.1) is 0 Å². The van der Waals surface area contributed by atoms with Crippen LogP contribution in [0.4, 0.5) is 0 Å². The summed E-state index contributed by atoms with van der Waals surface area (Å²) < 4.78 is 23.1. The van der Waals surface area contributed by atoms with Crippen molar-refractivity contribution in [3.63, 3.8) is 0 Å². The third kappa shape index (κ3) is 3.69. The molecule has 0 bridgehead atoms. The minimum Gasteiger partial charge on any atom is -0.402 e. The molecule has 0 aliphatic carbocycles. The van der Waals surface area contributed by atoms with Crippen molar-refractivity contribution in [1.82, 2.24) is 4.67 Å². The summed E-state index contributed by atoms with van der Waals surface area (Å²) in [5.41, 5.74) is 0. The van der Waals surface area contributed by atoms with E-state index in [4.69, 9.17) is 20.6 Å². The van der Waals surface area contributed by atoms with Crippen LogP contribution in [0.25, 0.3) is 0 Å². The van der Waals surface area contributed by atoms with Gasteiger partial charge in [-0.1, -0.05) is 13.8 Å². The number of nitrogens with zero attached hydrogens (tertiary/aromatic N) is 1. The molecule has 0 rings (SSSR count). The maximum absolute atomic E-state index is 11.9. The van der Waals surface area contributed by atoms with E-state index < -0.39 is 7.75 Å².